The highest BCUT2D eigenvalue weighted by Crippen LogP contribution is 2.27. The minimum atomic E-state index is -1.22. The lowest BCUT2D eigenvalue weighted by atomic mass is 10.00. The van der Waals surface area contributed by atoms with Crippen molar-refractivity contribution >= 4 is 23.3 Å². The normalized spacial score (nSPS) is 16.4. The van der Waals surface area contributed by atoms with Gasteiger partial charge in [-0.15, -0.1) is 0 Å². The summed E-state index contributed by atoms with van der Waals surface area (Å²) in [6.07, 6.45) is 0.0841. The molecule has 1 saturated heterocycles. The zero-order chi connectivity index (χ0) is 23.0. The average Bonchev–Trinajstić information content (AvgIpc) is 2.70. The van der Waals surface area contributed by atoms with Gasteiger partial charge in [0.25, 0.3) is 5.69 Å². The summed E-state index contributed by atoms with van der Waals surface area (Å²) in [5, 5.41) is 26.9. The molecule has 1 aromatic rings. The van der Waals surface area contributed by atoms with Crippen LogP contribution in [-0.4, -0.2) is 59.9 Å². The highest BCUT2D eigenvalue weighted by atomic mass is 16.6. The molecule has 10 nitrogen and oxygen atoms in total. The second-order valence-electron chi connectivity index (χ2n) is 7.99. The van der Waals surface area contributed by atoms with E-state index in [-0.39, 0.29) is 12.1 Å². The lowest BCUT2D eigenvalue weighted by molar-refractivity contribution is -0.384. The molecule has 1 aliphatic heterocycles. The van der Waals surface area contributed by atoms with Crippen LogP contribution in [-0.2, 0) is 25.5 Å². The number of rotatable bonds is 10. The third kappa shape index (κ3) is 7.80. The van der Waals surface area contributed by atoms with Crippen LogP contribution in [0, 0.1) is 16.0 Å². The van der Waals surface area contributed by atoms with Gasteiger partial charge in [0.2, 0.25) is 5.91 Å². The average molecular weight is 437 g/mol. The zero-order valence-corrected chi connectivity index (χ0v) is 18.1. The van der Waals surface area contributed by atoms with Gasteiger partial charge in [0.05, 0.1) is 23.6 Å². The Morgan fingerprint density at radius 1 is 1.29 bits per heavy atom. The Balaban J connectivity index is 2.03. The van der Waals surface area contributed by atoms with E-state index in [9.17, 15) is 24.8 Å². The number of hydrogen-bond acceptors (Lipinski definition) is 8. The number of nitro groups is 1. The molecule has 172 valence electrons. The number of anilines is 1. The quantitative estimate of drug-likeness (QED) is 0.286. The van der Waals surface area contributed by atoms with Crippen molar-refractivity contribution in [2.75, 3.05) is 25.1 Å². The lowest BCUT2D eigenvalue weighted by Gasteiger charge is -2.22. The van der Waals surface area contributed by atoms with E-state index in [2.05, 4.69) is 10.6 Å². The summed E-state index contributed by atoms with van der Waals surface area (Å²) in [7, 11) is 0. The Morgan fingerprint density at radius 2 is 1.97 bits per heavy atom. The molecule has 2 unspecified atom stereocenters. The van der Waals surface area contributed by atoms with Crippen LogP contribution >= 0.6 is 0 Å². The van der Waals surface area contributed by atoms with Gasteiger partial charge in [-0.05, 0) is 51.2 Å². The van der Waals surface area contributed by atoms with Gasteiger partial charge >= 0.3 is 5.97 Å². The van der Waals surface area contributed by atoms with Gasteiger partial charge in [-0.25, -0.2) is 4.79 Å². The first-order valence-corrected chi connectivity index (χ1v) is 10.4. The topological polar surface area (TPSA) is 140 Å². The standard InChI is InChI=1S/C21H31N3O7/c1-13(2)31-21(27)20(14(3)25)23-19(26)11-16-4-5-17(18(10-16)24(28)29)22-12-15-6-8-30-9-7-15/h4-5,10,13-15,20,22,25H,6-9,11-12H2,1-3H3,(H,23,26). The molecular formula is C21H31N3O7. The second-order valence-corrected chi connectivity index (χ2v) is 7.99. The molecule has 3 N–H and O–H groups in total. The number of nitrogens with zero attached hydrogens (tertiary/aromatic N) is 1. The number of nitrogens with one attached hydrogen (secondary N) is 2. The molecule has 0 radical (unpaired) electrons. The van der Waals surface area contributed by atoms with E-state index < -0.39 is 35.0 Å². The van der Waals surface area contributed by atoms with Crippen LogP contribution in [0.5, 0.6) is 0 Å². The van der Waals surface area contributed by atoms with Crippen molar-refractivity contribution in [1.82, 2.24) is 5.32 Å². The fourth-order valence-corrected chi connectivity index (χ4v) is 3.28. The number of carbonyl (C=O) groups excluding carboxylic acids is 2. The molecule has 1 amide bonds. The van der Waals surface area contributed by atoms with Gasteiger partial charge in [-0.2, -0.15) is 0 Å². The molecule has 1 aliphatic rings. The smallest absolute Gasteiger partial charge is 0.331 e. The molecule has 10 heteroatoms. The van der Waals surface area contributed by atoms with E-state index in [1.165, 1.54) is 13.0 Å². The molecular weight excluding hydrogens is 406 g/mol. The summed E-state index contributed by atoms with van der Waals surface area (Å²) < 4.78 is 10.4. The molecule has 2 rings (SSSR count). The van der Waals surface area contributed by atoms with Gasteiger partial charge in [0.1, 0.15) is 5.69 Å². The third-order valence-corrected chi connectivity index (χ3v) is 4.95. The van der Waals surface area contributed by atoms with Crippen LogP contribution in [0.4, 0.5) is 11.4 Å². The minimum Gasteiger partial charge on any atom is -0.461 e. The van der Waals surface area contributed by atoms with Crippen molar-refractivity contribution in [1.29, 1.82) is 0 Å². The molecule has 31 heavy (non-hydrogen) atoms. The Kier molecular flexibility index (Phi) is 9.20. The van der Waals surface area contributed by atoms with Crippen LogP contribution in [0.3, 0.4) is 0 Å². The molecule has 0 bridgehead atoms. The van der Waals surface area contributed by atoms with Crippen molar-refractivity contribution < 1.29 is 29.1 Å². The Hall–Kier alpha value is -2.72. The number of aliphatic hydroxyl groups excluding tert-OH is 1. The van der Waals surface area contributed by atoms with Crippen LogP contribution in [0.25, 0.3) is 0 Å². The predicted molar refractivity (Wildman–Crippen MR) is 114 cm³/mol. The maximum Gasteiger partial charge on any atom is 0.331 e. The number of aliphatic hydroxyl groups is 1. The van der Waals surface area contributed by atoms with E-state index in [1.54, 1.807) is 26.0 Å². The Labute approximate surface area is 181 Å². The van der Waals surface area contributed by atoms with Crippen LogP contribution in [0.15, 0.2) is 18.2 Å². The fraction of sp³-hybridized carbons (Fsp3) is 0.619. The molecule has 1 heterocycles. The Morgan fingerprint density at radius 3 is 2.55 bits per heavy atom. The van der Waals surface area contributed by atoms with Gasteiger partial charge < -0.3 is 25.2 Å². The highest BCUT2D eigenvalue weighted by Gasteiger charge is 2.28. The first-order chi connectivity index (χ1) is 14.7. The first kappa shape index (κ1) is 24.5. The number of amides is 1. The number of benzene rings is 1. The summed E-state index contributed by atoms with van der Waals surface area (Å²) in [5.74, 6) is -0.900. The van der Waals surface area contributed by atoms with E-state index >= 15 is 0 Å². The van der Waals surface area contributed by atoms with E-state index in [1.807, 2.05) is 0 Å². The predicted octanol–water partition coefficient (Wildman–Crippen LogP) is 1.79. The largest absolute Gasteiger partial charge is 0.461 e. The summed E-state index contributed by atoms with van der Waals surface area (Å²) >= 11 is 0. The van der Waals surface area contributed by atoms with Crippen LogP contribution in [0.1, 0.15) is 39.2 Å². The van der Waals surface area contributed by atoms with Gasteiger partial charge in [0.15, 0.2) is 6.04 Å². The SMILES string of the molecule is CC(C)OC(=O)C(NC(=O)Cc1ccc(NCC2CCOCC2)c([N+](=O)[O-])c1)C(C)O. The van der Waals surface area contributed by atoms with Gasteiger partial charge in [0, 0.05) is 25.8 Å². The van der Waals surface area contributed by atoms with E-state index in [0.29, 0.717) is 36.9 Å². The second kappa shape index (κ2) is 11.6. The van der Waals surface area contributed by atoms with E-state index in [4.69, 9.17) is 9.47 Å². The Bertz CT molecular complexity index is 776. The molecule has 1 aromatic carbocycles. The molecule has 2 atom stereocenters. The van der Waals surface area contributed by atoms with Crippen molar-refractivity contribution in [3.8, 4) is 0 Å². The molecule has 1 fully saturated rings. The van der Waals surface area contributed by atoms with Crippen molar-refractivity contribution in [3.63, 3.8) is 0 Å². The lowest BCUT2D eigenvalue weighted by Crippen LogP contribution is -2.49. The summed E-state index contributed by atoms with van der Waals surface area (Å²) in [6.45, 7) is 6.70. The summed E-state index contributed by atoms with van der Waals surface area (Å²) in [6, 6.07) is 3.34. The van der Waals surface area contributed by atoms with Crippen molar-refractivity contribution in [3.05, 3.63) is 33.9 Å². The number of carbonyl (C=O) groups is 2. The molecule has 0 spiro atoms. The zero-order valence-electron chi connectivity index (χ0n) is 18.1. The maximum absolute atomic E-state index is 12.4. The van der Waals surface area contributed by atoms with Gasteiger partial charge in [-0.1, -0.05) is 6.07 Å². The number of nitro benzene ring substituents is 1. The minimum absolute atomic E-state index is 0.122. The maximum atomic E-state index is 12.4. The van der Waals surface area contributed by atoms with Crippen LogP contribution in [0.2, 0.25) is 0 Å². The van der Waals surface area contributed by atoms with Gasteiger partial charge in [-0.3, -0.25) is 14.9 Å². The monoisotopic (exact) mass is 437 g/mol. The van der Waals surface area contributed by atoms with Crippen molar-refractivity contribution in [2.45, 2.75) is 58.3 Å². The number of ether oxygens (including phenoxy) is 2. The third-order valence-electron chi connectivity index (χ3n) is 4.95. The van der Waals surface area contributed by atoms with Crippen molar-refractivity contribution in [2.24, 2.45) is 5.92 Å². The number of esters is 1. The molecule has 0 aromatic heterocycles. The first-order valence-electron chi connectivity index (χ1n) is 10.4. The molecule has 0 saturated carbocycles. The summed E-state index contributed by atoms with van der Waals surface area (Å²) in [5.41, 5.74) is 0.689. The highest BCUT2D eigenvalue weighted by molar-refractivity contribution is 5.86. The molecule has 0 aliphatic carbocycles. The van der Waals surface area contributed by atoms with Crippen LogP contribution < -0.4 is 10.6 Å². The number of hydrogen-bond donors (Lipinski definition) is 3. The van der Waals surface area contributed by atoms with E-state index in [0.717, 1.165) is 12.8 Å². The summed E-state index contributed by atoms with van der Waals surface area (Å²) in [4.78, 5) is 35.5. The fourth-order valence-electron chi connectivity index (χ4n) is 3.28.